The van der Waals surface area contributed by atoms with Crippen LogP contribution in [-0.2, 0) is 11.3 Å². The number of carbonyl (C=O) groups excluding carboxylic acids is 2. The number of hydrogen-bond acceptors (Lipinski definition) is 3. The third kappa shape index (κ3) is 3.03. The van der Waals surface area contributed by atoms with Crippen LogP contribution < -0.4 is 10.6 Å². The van der Waals surface area contributed by atoms with E-state index in [1.54, 1.807) is 36.3 Å². The average Bonchev–Trinajstić information content (AvgIpc) is 2.93. The van der Waals surface area contributed by atoms with Crippen molar-refractivity contribution in [2.45, 2.75) is 13.5 Å². The van der Waals surface area contributed by atoms with Gasteiger partial charge in [0, 0.05) is 32.3 Å². The SMILES string of the molecule is CNC(=O)c1ccccc1-n1cc(CNC(C)=O)cn1. The van der Waals surface area contributed by atoms with Crippen LogP contribution in [0.1, 0.15) is 22.8 Å². The highest BCUT2D eigenvalue weighted by molar-refractivity contribution is 5.97. The number of aromatic nitrogens is 2. The minimum Gasteiger partial charge on any atom is -0.355 e. The number of amides is 2. The predicted molar refractivity (Wildman–Crippen MR) is 74.5 cm³/mol. The molecule has 0 fully saturated rings. The van der Waals surface area contributed by atoms with E-state index in [9.17, 15) is 9.59 Å². The summed E-state index contributed by atoms with van der Waals surface area (Å²) in [5, 5.41) is 9.53. The van der Waals surface area contributed by atoms with Gasteiger partial charge in [-0.1, -0.05) is 12.1 Å². The molecule has 2 amide bonds. The highest BCUT2D eigenvalue weighted by Crippen LogP contribution is 2.14. The van der Waals surface area contributed by atoms with Gasteiger partial charge < -0.3 is 10.6 Å². The molecule has 0 bridgehead atoms. The average molecular weight is 272 g/mol. The number of para-hydroxylation sites is 1. The normalized spacial score (nSPS) is 10.1. The van der Waals surface area contributed by atoms with Gasteiger partial charge in [-0.15, -0.1) is 0 Å². The highest BCUT2D eigenvalue weighted by atomic mass is 16.2. The maximum absolute atomic E-state index is 11.8. The van der Waals surface area contributed by atoms with Crippen LogP contribution in [-0.4, -0.2) is 28.6 Å². The Bertz CT molecular complexity index is 634. The van der Waals surface area contributed by atoms with Gasteiger partial charge in [-0.05, 0) is 12.1 Å². The molecule has 0 aliphatic heterocycles. The number of hydrogen-bond donors (Lipinski definition) is 2. The number of nitrogens with zero attached hydrogens (tertiary/aromatic N) is 2. The molecule has 0 saturated heterocycles. The van der Waals surface area contributed by atoms with Crippen LogP contribution in [0.4, 0.5) is 0 Å². The highest BCUT2D eigenvalue weighted by Gasteiger charge is 2.11. The van der Waals surface area contributed by atoms with E-state index in [1.165, 1.54) is 6.92 Å². The van der Waals surface area contributed by atoms with Crippen molar-refractivity contribution in [1.82, 2.24) is 20.4 Å². The number of carbonyl (C=O) groups is 2. The van der Waals surface area contributed by atoms with Crippen molar-refractivity contribution < 1.29 is 9.59 Å². The maximum atomic E-state index is 11.8. The quantitative estimate of drug-likeness (QED) is 0.867. The fraction of sp³-hybridized carbons (Fsp3) is 0.214. The fourth-order valence-corrected chi connectivity index (χ4v) is 1.81. The van der Waals surface area contributed by atoms with Crippen molar-refractivity contribution in [3.05, 3.63) is 47.8 Å². The Labute approximate surface area is 116 Å². The Morgan fingerprint density at radius 3 is 2.75 bits per heavy atom. The van der Waals surface area contributed by atoms with Crippen LogP contribution in [0.2, 0.25) is 0 Å². The van der Waals surface area contributed by atoms with Crippen molar-refractivity contribution in [2.75, 3.05) is 7.05 Å². The van der Waals surface area contributed by atoms with Gasteiger partial charge in [-0.3, -0.25) is 9.59 Å². The summed E-state index contributed by atoms with van der Waals surface area (Å²) in [6.07, 6.45) is 3.45. The second kappa shape index (κ2) is 6.01. The molecule has 1 aromatic carbocycles. The van der Waals surface area contributed by atoms with Gasteiger partial charge >= 0.3 is 0 Å². The van der Waals surface area contributed by atoms with Gasteiger partial charge in [0.15, 0.2) is 0 Å². The molecule has 0 radical (unpaired) electrons. The molecule has 6 nitrogen and oxygen atoms in total. The molecular weight excluding hydrogens is 256 g/mol. The molecule has 0 saturated carbocycles. The van der Waals surface area contributed by atoms with Crippen LogP contribution in [0.25, 0.3) is 5.69 Å². The van der Waals surface area contributed by atoms with Crippen LogP contribution in [0.3, 0.4) is 0 Å². The van der Waals surface area contributed by atoms with Crippen LogP contribution in [0, 0.1) is 0 Å². The summed E-state index contributed by atoms with van der Waals surface area (Å²) in [7, 11) is 1.59. The summed E-state index contributed by atoms with van der Waals surface area (Å²) in [5.74, 6) is -0.261. The van der Waals surface area contributed by atoms with Crippen molar-refractivity contribution in [3.63, 3.8) is 0 Å². The first-order valence-electron chi connectivity index (χ1n) is 6.21. The first kappa shape index (κ1) is 13.8. The summed E-state index contributed by atoms with van der Waals surface area (Å²) in [6, 6.07) is 7.20. The second-order valence-corrected chi connectivity index (χ2v) is 4.30. The summed E-state index contributed by atoms with van der Waals surface area (Å²) in [5.41, 5.74) is 2.11. The molecule has 0 spiro atoms. The summed E-state index contributed by atoms with van der Waals surface area (Å²) in [6.45, 7) is 1.88. The zero-order valence-electron chi connectivity index (χ0n) is 11.4. The van der Waals surface area contributed by atoms with Crippen molar-refractivity contribution >= 4 is 11.8 Å². The molecule has 0 unspecified atom stereocenters. The maximum Gasteiger partial charge on any atom is 0.253 e. The first-order valence-corrected chi connectivity index (χ1v) is 6.21. The van der Waals surface area contributed by atoms with E-state index >= 15 is 0 Å². The van der Waals surface area contributed by atoms with Crippen LogP contribution in [0.15, 0.2) is 36.7 Å². The Kier molecular flexibility index (Phi) is 4.14. The lowest BCUT2D eigenvalue weighted by molar-refractivity contribution is -0.119. The van der Waals surface area contributed by atoms with Crippen LogP contribution in [0.5, 0.6) is 0 Å². The molecule has 104 valence electrons. The van der Waals surface area contributed by atoms with Crippen molar-refractivity contribution in [1.29, 1.82) is 0 Å². The summed E-state index contributed by atoms with van der Waals surface area (Å²) >= 11 is 0. The van der Waals surface area contributed by atoms with E-state index in [0.29, 0.717) is 17.8 Å². The van der Waals surface area contributed by atoms with Crippen molar-refractivity contribution in [3.8, 4) is 5.69 Å². The predicted octanol–water partition coefficient (Wildman–Crippen LogP) is 0.868. The largest absolute Gasteiger partial charge is 0.355 e. The van der Waals surface area contributed by atoms with Crippen LogP contribution >= 0.6 is 0 Å². The minimum atomic E-state index is -0.167. The molecular formula is C14H16N4O2. The van der Waals surface area contributed by atoms with Gasteiger partial charge in [0.05, 0.1) is 17.4 Å². The second-order valence-electron chi connectivity index (χ2n) is 4.30. The van der Waals surface area contributed by atoms with E-state index in [4.69, 9.17) is 0 Å². The first-order chi connectivity index (χ1) is 9.61. The lowest BCUT2D eigenvalue weighted by Gasteiger charge is -2.07. The van der Waals surface area contributed by atoms with E-state index < -0.39 is 0 Å². The van der Waals surface area contributed by atoms with E-state index in [1.807, 2.05) is 12.1 Å². The molecule has 0 aliphatic carbocycles. The molecule has 6 heteroatoms. The molecule has 20 heavy (non-hydrogen) atoms. The number of rotatable bonds is 4. The molecule has 2 aromatic rings. The van der Waals surface area contributed by atoms with E-state index in [0.717, 1.165) is 5.56 Å². The topological polar surface area (TPSA) is 76.0 Å². The van der Waals surface area contributed by atoms with Gasteiger partial charge in [-0.2, -0.15) is 5.10 Å². The van der Waals surface area contributed by atoms with Gasteiger partial charge in [0.2, 0.25) is 5.91 Å². The van der Waals surface area contributed by atoms with Gasteiger partial charge in [0.25, 0.3) is 5.91 Å². The Hall–Kier alpha value is -2.63. The van der Waals surface area contributed by atoms with Gasteiger partial charge in [0.1, 0.15) is 0 Å². The number of benzene rings is 1. The standard InChI is InChI=1S/C14H16N4O2/c1-10(19)16-7-11-8-17-18(9-11)13-6-4-3-5-12(13)14(20)15-2/h3-6,8-9H,7H2,1-2H3,(H,15,20)(H,16,19). The molecule has 2 N–H and O–H groups in total. The molecule has 0 aliphatic rings. The Morgan fingerprint density at radius 2 is 2.05 bits per heavy atom. The summed E-state index contributed by atoms with van der Waals surface area (Å²) < 4.78 is 1.63. The monoisotopic (exact) mass is 272 g/mol. The van der Waals surface area contributed by atoms with Crippen molar-refractivity contribution in [2.24, 2.45) is 0 Å². The Morgan fingerprint density at radius 1 is 1.30 bits per heavy atom. The minimum absolute atomic E-state index is 0.0940. The molecule has 2 rings (SSSR count). The van der Waals surface area contributed by atoms with E-state index in [-0.39, 0.29) is 11.8 Å². The van der Waals surface area contributed by atoms with Gasteiger partial charge in [-0.25, -0.2) is 4.68 Å². The third-order valence-corrected chi connectivity index (χ3v) is 2.80. The fourth-order valence-electron chi connectivity index (χ4n) is 1.81. The van der Waals surface area contributed by atoms with E-state index in [2.05, 4.69) is 15.7 Å². The zero-order valence-corrected chi connectivity index (χ0v) is 11.4. The third-order valence-electron chi connectivity index (χ3n) is 2.80. The molecule has 1 heterocycles. The number of nitrogens with one attached hydrogen (secondary N) is 2. The summed E-state index contributed by atoms with van der Waals surface area (Å²) in [4.78, 5) is 22.7. The lowest BCUT2D eigenvalue weighted by Crippen LogP contribution is -2.20. The Balaban J connectivity index is 2.28. The molecule has 1 aromatic heterocycles. The smallest absolute Gasteiger partial charge is 0.253 e. The zero-order chi connectivity index (χ0) is 14.5. The lowest BCUT2D eigenvalue weighted by atomic mass is 10.1. The molecule has 0 atom stereocenters.